The van der Waals surface area contributed by atoms with Crippen LogP contribution in [0.25, 0.3) is 0 Å². The molecule has 0 radical (unpaired) electrons. The molecule has 0 saturated heterocycles. The van der Waals surface area contributed by atoms with E-state index in [9.17, 15) is 9.90 Å². The van der Waals surface area contributed by atoms with Crippen LogP contribution in [0.5, 0.6) is 0 Å². The lowest BCUT2D eigenvalue weighted by atomic mass is 9.63. The monoisotopic (exact) mass is 282 g/mol. The van der Waals surface area contributed by atoms with Gasteiger partial charge in [0.25, 0.3) is 0 Å². The molecule has 0 spiro atoms. The first-order valence-electron chi connectivity index (χ1n) is 5.48. The standard InChI is InChI=1S/C13H15BrO2/c1-8-4-5-10(14)11(9(8)2)13(12(15)16)6-3-7-13/h4-5H,3,6-7H2,1-2H3,(H,15,16). The number of aliphatic carboxylic acids is 1. The fourth-order valence-electron chi connectivity index (χ4n) is 2.47. The lowest BCUT2D eigenvalue weighted by molar-refractivity contribution is -0.147. The van der Waals surface area contributed by atoms with E-state index in [1.54, 1.807) is 0 Å². The highest BCUT2D eigenvalue weighted by Crippen LogP contribution is 2.48. The molecular formula is C13H15BrO2. The lowest BCUT2D eigenvalue weighted by Gasteiger charge is -2.40. The second kappa shape index (κ2) is 3.88. The molecule has 0 atom stereocenters. The molecule has 2 nitrogen and oxygen atoms in total. The Balaban J connectivity index is 2.63. The van der Waals surface area contributed by atoms with E-state index < -0.39 is 11.4 Å². The fraction of sp³-hybridized carbons (Fsp3) is 0.462. The van der Waals surface area contributed by atoms with Gasteiger partial charge in [0.2, 0.25) is 0 Å². The number of carboxylic acid groups (broad SMARTS) is 1. The second-order valence-electron chi connectivity index (χ2n) is 4.61. The average molecular weight is 283 g/mol. The zero-order valence-electron chi connectivity index (χ0n) is 9.51. The molecule has 0 unspecified atom stereocenters. The van der Waals surface area contributed by atoms with E-state index in [0.717, 1.165) is 40.4 Å². The molecule has 0 aromatic heterocycles. The smallest absolute Gasteiger partial charge is 0.314 e. The minimum Gasteiger partial charge on any atom is -0.481 e. The number of hydrogen-bond acceptors (Lipinski definition) is 1. The zero-order chi connectivity index (χ0) is 11.9. The lowest BCUT2D eigenvalue weighted by Crippen LogP contribution is -2.43. The van der Waals surface area contributed by atoms with E-state index in [1.165, 1.54) is 0 Å². The van der Waals surface area contributed by atoms with Crippen LogP contribution in [0.1, 0.15) is 36.0 Å². The van der Waals surface area contributed by atoms with Crippen molar-refractivity contribution in [1.29, 1.82) is 0 Å². The van der Waals surface area contributed by atoms with Crippen LogP contribution in [0.2, 0.25) is 0 Å². The van der Waals surface area contributed by atoms with Crippen LogP contribution in [0.3, 0.4) is 0 Å². The Labute approximate surface area is 104 Å². The normalized spacial score (nSPS) is 17.9. The molecule has 0 heterocycles. The number of benzene rings is 1. The minimum absolute atomic E-state index is 0.644. The first kappa shape index (κ1) is 11.6. The molecule has 1 saturated carbocycles. The molecule has 86 valence electrons. The van der Waals surface area contributed by atoms with Crippen LogP contribution in [0, 0.1) is 13.8 Å². The molecule has 1 aliphatic rings. The van der Waals surface area contributed by atoms with E-state index in [2.05, 4.69) is 15.9 Å². The summed E-state index contributed by atoms with van der Waals surface area (Å²) in [6.07, 6.45) is 2.52. The predicted octanol–water partition coefficient (Wildman–Crippen LogP) is 3.57. The van der Waals surface area contributed by atoms with Gasteiger partial charge in [0, 0.05) is 4.47 Å². The topological polar surface area (TPSA) is 37.3 Å². The van der Waals surface area contributed by atoms with E-state index in [-0.39, 0.29) is 0 Å². The van der Waals surface area contributed by atoms with Gasteiger partial charge >= 0.3 is 5.97 Å². The van der Waals surface area contributed by atoms with Gasteiger partial charge in [0.1, 0.15) is 0 Å². The zero-order valence-corrected chi connectivity index (χ0v) is 11.1. The maximum atomic E-state index is 11.5. The fourth-order valence-corrected chi connectivity index (χ4v) is 3.28. The van der Waals surface area contributed by atoms with Gasteiger partial charge in [-0.3, -0.25) is 4.79 Å². The van der Waals surface area contributed by atoms with Crippen molar-refractivity contribution in [2.24, 2.45) is 0 Å². The Morgan fingerprint density at radius 3 is 2.44 bits per heavy atom. The SMILES string of the molecule is Cc1ccc(Br)c(C2(C(=O)O)CCC2)c1C. The van der Waals surface area contributed by atoms with Gasteiger partial charge in [-0.15, -0.1) is 0 Å². The molecule has 3 heteroatoms. The van der Waals surface area contributed by atoms with Crippen molar-refractivity contribution in [3.8, 4) is 0 Å². The van der Waals surface area contributed by atoms with Crippen LogP contribution < -0.4 is 0 Å². The van der Waals surface area contributed by atoms with Gasteiger partial charge in [-0.1, -0.05) is 28.4 Å². The molecular weight excluding hydrogens is 268 g/mol. The van der Waals surface area contributed by atoms with E-state index in [0.29, 0.717) is 0 Å². The van der Waals surface area contributed by atoms with Crippen LogP contribution in [-0.2, 0) is 10.2 Å². The van der Waals surface area contributed by atoms with Crippen molar-refractivity contribution in [2.75, 3.05) is 0 Å². The number of carbonyl (C=O) groups is 1. The molecule has 0 aliphatic heterocycles. The van der Waals surface area contributed by atoms with Crippen molar-refractivity contribution in [2.45, 2.75) is 38.5 Å². The van der Waals surface area contributed by atoms with Crippen LogP contribution in [0.15, 0.2) is 16.6 Å². The number of aryl methyl sites for hydroxylation is 1. The van der Waals surface area contributed by atoms with Crippen LogP contribution in [-0.4, -0.2) is 11.1 Å². The van der Waals surface area contributed by atoms with Crippen LogP contribution in [0.4, 0.5) is 0 Å². The van der Waals surface area contributed by atoms with Crippen molar-refractivity contribution >= 4 is 21.9 Å². The average Bonchev–Trinajstić information content (AvgIpc) is 2.15. The van der Waals surface area contributed by atoms with Crippen LogP contribution >= 0.6 is 15.9 Å². The molecule has 1 fully saturated rings. The molecule has 1 aliphatic carbocycles. The summed E-state index contributed by atoms with van der Waals surface area (Å²) >= 11 is 3.50. The van der Waals surface area contributed by atoms with Gasteiger partial charge in [0.05, 0.1) is 5.41 Å². The Bertz CT molecular complexity index is 447. The number of rotatable bonds is 2. The second-order valence-corrected chi connectivity index (χ2v) is 5.46. The van der Waals surface area contributed by atoms with Gasteiger partial charge in [-0.05, 0) is 49.4 Å². The molecule has 1 aromatic carbocycles. The summed E-state index contributed by atoms with van der Waals surface area (Å²) in [4.78, 5) is 11.5. The molecule has 1 aromatic rings. The first-order valence-corrected chi connectivity index (χ1v) is 6.28. The van der Waals surface area contributed by atoms with Crippen molar-refractivity contribution in [3.63, 3.8) is 0 Å². The molecule has 2 rings (SSSR count). The first-order chi connectivity index (χ1) is 7.49. The van der Waals surface area contributed by atoms with Crippen molar-refractivity contribution < 1.29 is 9.90 Å². The quantitative estimate of drug-likeness (QED) is 0.900. The maximum absolute atomic E-state index is 11.5. The molecule has 0 amide bonds. The summed E-state index contributed by atoms with van der Waals surface area (Å²) < 4.78 is 0.928. The van der Waals surface area contributed by atoms with Gasteiger partial charge in [0.15, 0.2) is 0 Å². The van der Waals surface area contributed by atoms with E-state index in [4.69, 9.17) is 0 Å². The number of carboxylic acids is 1. The van der Waals surface area contributed by atoms with Gasteiger partial charge in [-0.2, -0.15) is 0 Å². The summed E-state index contributed by atoms with van der Waals surface area (Å²) in [6.45, 7) is 4.04. The number of halogens is 1. The Morgan fingerprint density at radius 1 is 1.38 bits per heavy atom. The Hall–Kier alpha value is -0.830. The third-order valence-electron chi connectivity index (χ3n) is 3.78. The summed E-state index contributed by atoms with van der Waals surface area (Å²) in [5.74, 6) is -0.687. The minimum atomic E-state index is -0.687. The van der Waals surface area contributed by atoms with E-state index in [1.807, 2.05) is 26.0 Å². The maximum Gasteiger partial charge on any atom is 0.314 e. The Morgan fingerprint density at radius 2 is 2.00 bits per heavy atom. The van der Waals surface area contributed by atoms with Gasteiger partial charge in [-0.25, -0.2) is 0 Å². The molecule has 0 bridgehead atoms. The van der Waals surface area contributed by atoms with Crippen molar-refractivity contribution in [3.05, 3.63) is 33.3 Å². The van der Waals surface area contributed by atoms with E-state index >= 15 is 0 Å². The predicted molar refractivity (Wildman–Crippen MR) is 66.8 cm³/mol. The summed E-state index contributed by atoms with van der Waals surface area (Å²) in [5, 5.41) is 9.46. The molecule has 16 heavy (non-hydrogen) atoms. The van der Waals surface area contributed by atoms with Gasteiger partial charge < -0.3 is 5.11 Å². The summed E-state index contributed by atoms with van der Waals surface area (Å²) in [7, 11) is 0. The third kappa shape index (κ3) is 1.49. The highest BCUT2D eigenvalue weighted by molar-refractivity contribution is 9.10. The summed E-state index contributed by atoms with van der Waals surface area (Å²) in [6, 6.07) is 3.98. The highest BCUT2D eigenvalue weighted by atomic mass is 79.9. The third-order valence-corrected chi connectivity index (χ3v) is 4.44. The Kier molecular flexibility index (Phi) is 2.82. The molecule has 1 N–H and O–H groups in total. The highest BCUT2D eigenvalue weighted by Gasteiger charge is 2.47. The largest absolute Gasteiger partial charge is 0.481 e. The van der Waals surface area contributed by atoms with Crippen molar-refractivity contribution in [1.82, 2.24) is 0 Å². The number of hydrogen-bond donors (Lipinski definition) is 1. The summed E-state index contributed by atoms with van der Waals surface area (Å²) in [5.41, 5.74) is 2.60.